The van der Waals surface area contributed by atoms with E-state index in [1.54, 1.807) is 38.5 Å². The first-order valence-electron chi connectivity index (χ1n) is 9.78. The first kappa shape index (κ1) is 12.4. The van der Waals surface area contributed by atoms with E-state index in [1.807, 2.05) is 0 Å². The van der Waals surface area contributed by atoms with Gasteiger partial charge in [-0.2, -0.15) is 0 Å². The van der Waals surface area contributed by atoms with Gasteiger partial charge in [-0.25, -0.2) is 0 Å². The van der Waals surface area contributed by atoms with E-state index in [1.165, 1.54) is 25.7 Å². The fraction of sp³-hybridized carbons (Fsp3) is 1.00. The van der Waals surface area contributed by atoms with Crippen molar-refractivity contribution < 1.29 is 5.11 Å². The summed E-state index contributed by atoms with van der Waals surface area (Å²) in [4.78, 5) is 0. The maximum Gasteiger partial charge on any atom is 0.0658 e. The molecular formula is C20H30O. The summed E-state index contributed by atoms with van der Waals surface area (Å²) >= 11 is 0. The van der Waals surface area contributed by atoms with Gasteiger partial charge in [-0.3, -0.25) is 0 Å². The van der Waals surface area contributed by atoms with E-state index >= 15 is 0 Å². The summed E-state index contributed by atoms with van der Waals surface area (Å²) in [5, 5.41) is 11.2. The molecule has 0 aromatic carbocycles. The van der Waals surface area contributed by atoms with Crippen LogP contribution >= 0.6 is 0 Å². The highest BCUT2D eigenvalue weighted by molar-refractivity contribution is 5.17. The van der Waals surface area contributed by atoms with E-state index in [4.69, 9.17) is 0 Å². The Morgan fingerprint density at radius 3 is 1.43 bits per heavy atom. The van der Waals surface area contributed by atoms with Crippen molar-refractivity contribution in [2.45, 2.75) is 82.7 Å². The van der Waals surface area contributed by atoms with Crippen LogP contribution in [0.3, 0.4) is 0 Å². The minimum atomic E-state index is -0.243. The summed E-state index contributed by atoms with van der Waals surface area (Å²) < 4.78 is 0. The molecule has 21 heavy (non-hydrogen) atoms. The zero-order valence-corrected chi connectivity index (χ0v) is 13.3. The number of rotatable bonds is 1. The van der Waals surface area contributed by atoms with Crippen LogP contribution in [0.1, 0.15) is 77.0 Å². The third kappa shape index (κ3) is 1.48. The molecule has 0 aromatic rings. The normalized spacial score (nSPS) is 67.0. The van der Waals surface area contributed by atoms with Crippen LogP contribution in [0, 0.1) is 40.4 Å². The zero-order valence-electron chi connectivity index (χ0n) is 13.3. The van der Waals surface area contributed by atoms with Crippen molar-refractivity contribution in [3.05, 3.63) is 0 Å². The summed E-state index contributed by atoms with van der Waals surface area (Å²) in [5.74, 6) is 4.96. The minimum absolute atomic E-state index is 0.243. The molecule has 1 N–H and O–H groups in total. The Balaban J connectivity index is 1.45. The molecule has 8 bridgehead atoms. The fourth-order valence-corrected chi connectivity index (χ4v) is 9.59. The average molecular weight is 286 g/mol. The molecule has 8 saturated carbocycles. The van der Waals surface area contributed by atoms with Crippen molar-refractivity contribution in [2.24, 2.45) is 40.4 Å². The zero-order chi connectivity index (χ0) is 13.9. The molecule has 8 aliphatic carbocycles. The van der Waals surface area contributed by atoms with Crippen LogP contribution in [0.4, 0.5) is 0 Å². The summed E-state index contributed by atoms with van der Waals surface area (Å²) in [6.45, 7) is 0. The second-order valence-corrected chi connectivity index (χ2v) is 10.7. The Morgan fingerprint density at radius 2 is 0.952 bits per heavy atom. The molecule has 0 heterocycles. The highest BCUT2D eigenvalue weighted by Gasteiger charge is 2.67. The Bertz CT molecular complexity index is 443. The summed E-state index contributed by atoms with van der Waals surface area (Å²) in [7, 11) is 0. The lowest BCUT2D eigenvalue weighted by Gasteiger charge is -2.71. The molecule has 8 fully saturated rings. The topological polar surface area (TPSA) is 20.2 Å². The Kier molecular flexibility index (Phi) is 2.09. The van der Waals surface area contributed by atoms with Gasteiger partial charge in [0, 0.05) is 0 Å². The molecule has 0 amide bonds. The van der Waals surface area contributed by atoms with E-state index in [0.717, 1.165) is 42.4 Å². The van der Waals surface area contributed by atoms with Crippen LogP contribution in [0.15, 0.2) is 0 Å². The molecule has 0 saturated heterocycles. The maximum atomic E-state index is 11.2. The molecule has 0 aliphatic heterocycles. The Labute approximate surface area is 128 Å². The third-order valence-corrected chi connectivity index (χ3v) is 9.19. The lowest BCUT2D eigenvalue weighted by molar-refractivity contribution is -0.240. The van der Waals surface area contributed by atoms with Gasteiger partial charge in [-0.05, 0) is 117 Å². The quantitative estimate of drug-likeness (QED) is 0.750. The predicted octanol–water partition coefficient (Wildman–Crippen LogP) is 4.53. The van der Waals surface area contributed by atoms with Crippen molar-refractivity contribution in [1.82, 2.24) is 0 Å². The summed E-state index contributed by atoms with van der Waals surface area (Å²) in [6, 6.07) is 0. The van der Waals surface area contributed by atoms with Gasteiger partial charge in [0.05, 0.1) is 5.60 Å². The largest absolute Gasteiger partial charge is 0.390 e. The lowest BCUT2D eigenvalue weighted by Crippen LogP contribution is -2.64. The van der Waals surface area contributed by atoms with Gasteiger partial charge in [-0.15, -0.1) is 0 Å². The van der Waals surface area contributed by atoms with Crippen molar-refractivity contribution in [3.8, 4) is 0 Å². The number of hydrogen-bond acceptors (Lipinski definition) is 1. The fourth-order valence-electron chi connectivity index (χ4n) is 9.59. The van der Waals surface area contributed by atoms with E-state index in [-0.39, 0.29) is 5.60 Å². The molecular weight excluding hydrogens is 256 g/mol. The van der Waals surface area contributed by atoms with Gasteiger partial charge in [0.25, 0.3) is 0 Å². The monoisotopic (exact) mass is 286 g/mol. The molecule has 2 unspecified atom stereocenters. The summed E-state index contributed by atoms with van der Waals surface area (Å²) in [6.07, 6.45) is 17.3. The molecule has 0 radical (unpaired) electrons. The van der Waals surface area contributed by atoms with Gasteiger partial charge in [0.1, 0.15) is 0 Å². The Hall–Kier alpha value is -0.0400. The molecule has 0 aromatic heterocycles. The van der Waals surface area contributed by atoms with Gasteiger partial charge in [0.2, 0.25) is 0 Å². The predicted molar refractivity (Wildman–Crippen MR) is 82.7 cm³/mol. The summed E-state index contributed by atoms with van der Waals surface area (Å²) in [5.41, 5.74) is 1.00. The molecule has 1 heteroatoms. The van der Waals surface area contributed by atoms with Crippen molar-refractivity contribution in [2.75, 3.05) is 0 Å². The minimum Gasteiger partial charge on any atom is -0.390 e. The van der Waals surface area contributed by atoms with Crippen LogP contribution in [0.5, 0.6) is 0 Å². The second-order valence-electron chi connectivity index (χ2n) is 10.7. The SMILES string of the molecule is OC12CC3CC(C1)CC(C14CC5CC(CC(C5)C1)C4)(C3)C2. The van der Waals surface area contributed by atoms with Gasteiger partial charge >= 0.3 is 0 Å². The van der Waals surface area contributed by atoms with Crippen LogP contribution in [0.2, 0.25) is 0 Å². The van der Waals surface area contributed by atoms with Crippen LogP contribution in [-0.4, -0.2) is 10.7 Å². The van der Waals surface area contributed by atoms with Crippen molar-refractivity contribution in [3.63, 3.8) is 0 Å². The molecule has 8 rings (SSSR count). The van der Waals surface area contributed by atoms with E-state index in [9.17, 15) is 5.11 Å². The van der Waals surface area contributed by atoms with Gasteiger partial charge < -0.3 is 5.11 Å². The van der Waals surface area contributed by atoms with Crippen LogP contribution in [-0.2, 0) is 0 Å². The lowest BCUT2D eigenvalue weighted by atomic mass is 9.34. The molecule has 116 valence electrons. The van der Waals surface area contributed by atoms with Gasteiger partial charge in [-0.1, -0.05) is 0 Å². The first-order chi connectivity index (χ1) is 10.1. The van der Waals surface area contributed by atoms with Gasteiger partial charge in [0.15, 0.2) is 0 Å². The number of hydrogen-bond donors (Lipinski definition) is 1. The van der Waals surface area contributed by atoms with E-state index in [2.05, 4.69) is 0 Å². The molecule has 2 atom stereocenters. The Morgan fingerprint density at radius 1 is 0.524 bits per heavy atom. The number of aliphatic hydroxyl groups is 1. The molecule has 1 nitrogen and oxygen atoms in total. The smallest absolute Gasteiger partial charge is 0.0658 e. The van der Waals surface area contributed by atoms with Crippen LogP contribution in [0.25, 0.3) is 0 Å². The highest BCUT2D eigenvalue weighted by Crippen LogP contribution is 2.75. The van der Waals surface area contributed by atoms with Crippen molar-refractivity contribution >= 4 is 0 Å². The molecule has 8 aliphatic rings. The standard InChI is InChI=1S/C20H30O/c21-20-10-16-4-17(11-20)9-19(8-16,12-20)18-5-13-1-14(6-18)3-15(2-13)7-18/h13-17,21H,1-12H2. The second kappa shape index (κ2) is 3.55. The maximum absolute atomic E-state index is 11.2. The molecule has 0 spiro atoms. The van der Waals surface area contributed by atoms with E-state index in [0.29, 0.717) is 10.8 Å². The third-order valence-electron chi connectivity index (χ3n) is 9.19. The van der Waals surface area contributed by atoms with Crippen LogP contribution < -0.4 is 0 Å². The highest BCUT2D eigenvalue weighted by atomic mass is 16.3. The first-order valence-corrected chi connectivity index (χ1v) is 9.78. The average Bonchev–Trinajstić information content (AvgIpc) is 2.33. The van der Waals surface area contributed by atoms with E-state index < -0.39 is 0 Å². The van der Waals surface area contributed by atoms with Crippen molar-refractivity contribution in [1.29, 1.82) is 0 Å².